The lowest BCUT2D eigenvalue weighted by atomic mass is 10.0. The molecule has 0 bridgehead atoms. The maximum absolute atomic E-state index is 13.5. The molecule has 0 aromatic rings. The molecule has 0 aromatic carbocycles. The predicted octanol–water partition coefficient (Wildman–Crippen LogP) is 17.9. The van der Waals surface area contributed by atoms with Crippen LogP contribution in [0.2, 0.25) is 0 Å². The number of quaternary nitrogens is 1. The highest BCUT2D eigenvalue weighted by Gasteiger charge is 2.30. The van der Waals surface area contributed by atoms with Crippen molar-refractivity contribution in [1.29, 1.82) is 0 Å². The monoisotopic (exact) mass is 1020 g/mol. The van der Waals surface area contributed by atoms with E-state index >= 15 is 0 Å². The van der Waals surface area contributed by atoms with Crippen LogP contribution < -0.4 is 5.32 Å². The lowest BCUT2D eigenvalue weighted by molar-refractivity contribution is -0.870. The van der Waals surface area contributed by atoms with Crippen LogP contribution in [0, 0.1) is 0 Å². The Morgan fingerprint density at radius 3 is 1.37 bits per heavy atom. The highest BCUT2D eigenvalue weighted by Crippen LogP contribution is 2.43. The van der Waals surface area contributed by atoms with E-state index in [4.69, 9.17) is 13.8 Å². The second-order valence-corrected chi connectivity index (χ2v) is 22.6. The third kappa shape index (κ3) is 52.4. The van der Waals surface area contributed by atoms with Crippen molar-refractivity contribution in [3.63, 3.8) is 0 Å². The molecule has 1 amide bonds. The first-order valence-electron chi connectivity index (χ1n) is 29.6. The minimum Gasteiger partial charge on any atom is -0.456 e. The van der Waals surface area contributed by atoms with E-state index in [-0.39, 0.29) is 31.5 Å². The van der Waals surface area contributed by atoms with E-state index in [9.17, 15) is 19.0 Å². The Morgan fingerprint density at radius 2 is 0.901 bits per heavy atom. The van der Waals surface area contributed by atoms with E-state index in [0.717, 1.165) is 89.9 Å². The summed E-state index contributed by atoms with van der Waals surface area (Å²) in [5, 5.41) is 3.04. The highest BCUT2D eigenvalue weighted by atomic mass is 31.2. The molecular weight excluding hydrogens is 904 g/mol. The van der Waals surface area contributed by atoms with Gasteiger partial charge in [-0.15, -0.1) is 0 Å². The van der Waals surface area contributed by atoms with Crippen LogP contribution in [-0.4, -0.2) is 74.3 Å². The van der Waals surface area contributed by atoms with Gasteiger partial charge in [0.2, 0.25) is 5.91 Å². The number of carbonyl (C=O) groups is 2. The number of carbonyl (C=O) groups excluding carboxylic acids is 2. The Hall–Kier alpha value is -2.29. The van der Waals surface area contributed by atoms with Crippen molar-refractivity contribution >= 4 is 19.7 Å². The van der Waals surface area contributed by atoms with Crippen LogP contribution >= 0.6 is 7.82 Å². The molecule has 0 aliphatic rings. The SMILES string of the molecule is CC/C=C/C/C=C/CCCCCCCCCC(=O)NC(COP(=O)(O)OCC[N+](C)(C)C)C(/C=C/CCCCCCCCCCCC)OC(=O)CCCCCCCCCCC/C=C\C/C=C\CCCCC. The van der Waals surface area contributed by atoms with E-state index in [1.807, 2.05) is 33.3 Å². The molecular formula is C61H114N2O7P+. The van der Waals surface area contributed by atoms with Gasteiger partial charge >= 0.3 is 13.8 Å². The van der Waals surface area contributed by atoms with Gasteiger partial charge < -0.3 is 19.4 Å². The van der Waals surface area contributed by atoms with Crippen LogP contribution in [-0.2, 0) is 27.9 Å². The quantitative estimate of drug-likeness (QED) is 0.0205. The third-order valence-electron chi connectivity index (χ3n) is 12.9. The van der Waals surface area contributed by atoms with Gasteiger partial charge in [-0.3, -0.25) is 18.6 Å². The molecule has 3 unspecified atom stereocenters. The first kappa shape index (κ1) is 68.7. The third-order valence-corrected chi connectivity index (χ3v) is 13.9. The summed E-state index contributed by atoms with van der Waals surface area (Å²) >= 11 is 0. The summed E-state index contributed by atoms with van der Waals surface area (Å²) in [5.41, 5.74) is 0. The smallest absolute Gasteiger partial charge is 0.456 e. The molecule has 414 valence electrons. The average molecular weight is 1020 g/mol. The number of rotatable bonds is 53. The largest absolute Gasteiger partial charge is 0.472 e. The zero-order valence-electron chi connectivity index (χ0n) is 47.2. The number of phosphoric ester groups is 1. The maximum atomic E-state index is 13.5. The van der Waals surface area contributed by atoms with Gasteiger partial charge in [0.15, 0.2) is 0 Å². The molecule has 0 spiro atoms. The van der Waals surface area contributed by atoms with Crippen molar-refractivity contribution in [2.45, 2.75) is 277 Å². The molecule has 0 aromatic heterocycles. The van der Waals surface area contributed by atoms with Crippen LogP contribution in [0.3, 0.4) is 0 Å². The average Bonchev–Trinajstić information content (AvgIpc) is 3.33. The minimum atomic E-state index is -4.45. The van der Waals surface area contributed by atoms with Crippen LogP contribution in [0.4, 0.5) is 0 Å². The summed E-state index contributed by atoms with van der Waals surface area (Å²) < 4.78 is 30.6. The van der Waals surface area contributed by atoms with Crippen molar-refractivity contribution in [2.75, 3.05) is 40.9 Å². The Balaban J connectivity index is 5.29. The number of hydrogen-bond donors (Lipinski definition) is 2. The molecule has 71 heavy (non-hydrogen) atoms. The number of likely N-dealkylation sites (N-methyl/N-ethyl adjacent to an activating group) is 1. The summed E-state index contributed by atoms with van der Waals surface area (Å²) in [6.07, 6.45) is 63.5. The summed E-state index contributed by atoms with van der Waals surface area (Å²) in [5.74, 6) is -0.517. The van der Waals surface area contributed by atoms with Crippen molar-refractivity contribution in [3.05, 3.63) is 60.8 Å². The van der Waals surface area contributed by atoms with Crippen molar-refractivity contribution in [2.24, 2.45) is 0 Å². The standard InChI is InChI=1S/C61H113N2O7P/c1-7-10-13-16-19-22-25-28-30-31-32-33-34-36-39-42-45-48-51-54-61(65)70-59(52-49-46-43-40-37-27-24-21-18-15-12-9-3)58(57-69-71(66,67)68-56-55-63(4,5)6)62-60(64)53-50-47-44-41-38-35-29-26-23-20-17-14-11-8-2/h11,14,19-20,22-23,28,30,49,52,58-59H,7-10,12-13,15-18,21,24-27,29,31-48,50-51,53-57H2,1-6H3,(H-,62,64,66,67)/p+1/b14-11+,22-19-,23-20+,30-28-,52-49+. The Morgan fingerprint density at radius 1 is 0.507 bits per heavy atom. The van der Waals surface area contributed by atoms with Crippen LogP contribution in [0.15, 0.2) is 60.8 Å². The van der Waals surface area contributed by atoms with Crippen molar-refractivity contribution in [1.82, 2.24) is 5.32 Å². The fraction of sp³-hybridized carbons (Fsp3) is 0.803. The van der Waals surface area contributed by atoms with E-state index in [1.165, 1.54) is 141 Å². The van der Waals surface area contributed by atoms with Crippen molar-refractivity contribution in [3.8, 4) is 0 Å². The molecule has 0 aliphatic heterocycles. The highest BCUT2D eigenvalue weighted by molar-refractivity contribution is 7.47. The predicted molar refractivity (Wildman–Crippen MR) is 305 cm³/mol. The van der Waals surface area contributed by atoms with Gasteiger partial charge in [-0.05, 0) is 89.5 Å². The number of esters is 1. The Labute approximate surface area is 439 Å². The van der Waals surface area contributed by atoms with E-state index in [1.54, 1.807) is 0 Å². The zero-order valence-corrected chi connectivity index (χ0v) is 48.1. The molecule has 0 fully saturated rings. The van der Waals surface area contributed by atoms with Gasteiger partial charge in [-0.1, -0.05) is 223 Å². The van der Waals surface area contributed by atoms with E-state index in [0.29, 0.717) is 17.4 Å². The van der Waals surface area contributed by atoms with Gasteiger partial charge in [0.05, 0.1) is 33.8 Å². The molecule has 9 nitrogen and oxygen atoms in total. The fourth-order valence-corrected chi connectivity index (χ4v) is 9.10. The lowest BCUT2D eigenvalue weighted by Gasteiger charge is -2.27. The Kier molecular flexibility index (Phi) is 49.6. The lowest BCUT2D eigenvalue weighted by Crippen LogP contribution is -2.47. The van der Waals surface area contributed by atoms with Crippen LogP contribution in [0.1, 0.15) is 265 Å². The summed E-state index contributed by atoms with van der Waals surface area (Å²) in [4.78, 5) is 37.6. The molecule has 10 heteroatoms. The number of amides is 1. The van der Waals surface area contributed by atoms with Gasteiger partial charge in [0, 0.05) is 12.8 Å². The number of nitrogens with zero attached hydrogens (tertiary/aromatic N) is 1. The number of phosphoric acid groups is 1. The second-order valence-electron chi connectivity index (χ2n) is 21.1. The topological polar surface area (TPSA) is 111 Å². The molecule has 0 rings (SSSR count). The minimum absolute atomic E-state index is 0.0367. The summed E-state index contributed by atoms with van der Waals surface area (Å²) in [7, 11) is 1.49. The molecule has 0 saturated carbocycles. The number of unbranched alkanes of at least 4 members (excludes halogenated alkanes) is 29. The number of allylic oxidation sites excluding steroid dienone is 9. The zero-order chi connectivity index (χ0) is 52.2. The van der Waals surface area contributed by atoms with E-state index in [2.05, 4.69) is 74.7 Å². The molecule has 0 radical (unpaired) electrons. The molecule has 2 N–H and O–H groups in total. The second kappa shape index (κ2) is 51.2. The van der Waals surface area contributed by atoms with Gasteiger partial charge in [-0.25, -0.2) is 4.57 Å². The molecule has 3 atom stereocenters. The van der Waals surface area contributed by atoms with Gasteiger partial charge in [0.1, 0.15) is 19.3 Å². The van der Waals surface area contributed by atoms with Gasteiger partial charge in [0.25, 0.3) is 0 Å². The summed E-state index contributed by atoms with van der Waals surface area (Å²) in [6.45, 7) is 6.88. The fourth-order valence-electron chi connectivity index (χ4n) is 8.36. The van der Waals surface area contributed by atoms with Gasteiger partial charge in [-0.2, -0.15) is 0 Å². The van der Waals surface area contributed by atoms with Crippen molar-refractivity contribution < 1.29 is 37.3 Å². The van der Waals surface area contributed by atoms with E-state index < -0.39 is 20.0 Å². The molecule has 0 aliphatic carbocycles. The molecule has 0 heterocycles. The number of ether oxygens (including phenoxy) is 1. The normalized spacial score (nSPS) is 14.2. The first-order chi connectivity index (χ1) is 34.4. The first-order valence-corrected chi connectivity index (χ1v) is 31.1. The summed E-state index contributed by atoms with van der Waals surface area (Å²) in [6, 6.07) is -0.854. The number of hydrogen-bond acceptors (Lipinski definition) is 6. The van der Waals surface area contributed by atoms with Crippen LogP contribution in [0.5, 0.6) is 0 Å². The molecule has 0 saturated heterocycles. The maximum Gasteiger partial charge on any atom is 0.472 e. The Bertz CT molecular complexity index is 1400. The number of nitrogens with one attached hydrogen (secondary N) is 1. The van der Waals surface area contributed by atoms with Crippen LogP contribution in [0.25, 0.3) is 0 Å².